The molecule has 2 rings (SSSR count). The van der Waals surface area contributed by atoms with Gasteiger partial charge >= 0.3 is 0 Å². The number of aromatic nitrogens is 1. The Labute approximate surface area is 128 Å². The van der Waals surface area contributed by atoms with Crippen molar-refractivity contribution in [3.63, 3.8) is 0 Å². The lowest BCUT2D eigenvalue weighted by Crippen LogP contribution is -2.04. The highest BCUT2D eigenvalue weighted by molar-refractivity contribution is 7.90. The van der Waals surface area contributed by atoms with Crippen molar-refractivity contribution >= 4 is 27.1 Å². The van der Waals surface area contributed by atoms with Crippen molar-refractivity contribution in [2.24, 2.45) is 0 Å². The third-order valence-corrected chi connectivity index (χ3v) is 4.08. The number of methoxy groups -OCH3 is 1. The van der Waals surface area contributed by atoms with Crippen LogP contribution in [0.15, 0.2) is 41.6 Å². The van der Waals surface area contributed by atoms with Gasteiger partial charge in [0.25, 0.3) is 0 Å². The molecule has 1 aromatic carbocycles. The third kappa shape index (κ3) is 4.09. The fraction of sp³-hybridized carbons (Fsp3) is 0.214. The molecule has 1 N–H and O–H groups in total. The number of hydrogen-bond acceptors (Lipinski definition) is 5. The minimum atomic E-state index is -3.28. The van der Waals surface area contributed by atoms with Crippen molar-refractivity contribution in [2.45, 2.75) is 11.6 Å². The summed E-state index contributed by atoms with van der Waals surface area (Å²) in [5.41, 5.74) is 1.61. The maximum Gasteiger partial charge on any atom is 0.192 e. The van der Waals surface area contributed by atoms with Crippen molar-refractivity contribution in [3.05, 3.63) is 47.1 Å². The van der Waals surface area contributed by atoms with Crippen LogP contribution in [0.2, 0.25) is 5.02 Å². The molecular weight excluding hydrogens is 312 g/mol. The van der Waals surface area contributed by atoms with Crippen molar-refractivity contribution in [3.8, 4) is 5.75 Å². The quantitative estimate of drug-likeness (QED) is 0.915. The summed E-state index contributed by atoms with van der Waals surface area (Å²) in [6.07, 6.45) is 2.60. The Hall–Kier alpha value is -1.79. The average molecular weight is 327 g/mol. The van der Waals surface area contributed by atoms with Crippen LogP contribution in [0.3, 0.4) is 0 Å². The summed E-state index contributed by atoms with van der Waals surface area (Å²) < 4.78 is 27.9. The number of rotatable bonds is 5. The smallest absolute Gasteiger partial charge is 0.192 e. The van der Waals surface area contributed by atoms with Gasteiger partial charge in [0.2, 0.25) is 0 Å². The van der Waals surface area contributed by atoms with Gasteiger partial charge in [-0.25, -0.2) is 13.4 Å². The fourth-order valence-electron chi connectivity index (χ4n) is 1.79. The first-order chi connectivity index (χ1) is 9.90. The van der Waals surface area contributed by atoms with E-state index in [1.165, 1.54) is 12.3 Å². The lowest BCUT2D eigenvalue weighted by molar-refractivity contribution is 0.410. The van der Waals surface area contributed by atoms with Crippen molar-refractivity contribution < 1.29 is 13.2 Å². The molecule has 7 heteroatoms. The molecule has 0 amide bonds. The van der Waals surface area contributed by atoms with E-state index < -0.39 is 9.84 Å². The molecule has 1 aromatic heterocycles. The number of benzene rings is 1. The van der Waals surface area contributed by atoms with E-state index in [0.717, 1.165) is 17.6 Å². The first-order valence-corrected chi connectivity index (χ1v) is 8.39. The van der Waals surface area contributed by atoms with E-state index in [-0.39, 0.29) is 5.03 Å². The molecule has 21 heavy (non-hydrogen) atoms. The molecule has 1 heterocycles. The number of nitrogens with zero attached hydrogens (tertiary/aromatic N) is 1. The number of hydrogen-bond donors (Lipinski definition) is 1. The van der Waals surface area contributed by atoms with E-state index in [2.05, 4.69) is 10.3 Å². The molecule has 0 fully saturated rings. The van der Waals surface area contributed by atoms with Crippen LogP contribution in [0, 0.1) is 0 Å². The molecule has 0 saturated carbocycles. The van der Waals surface area contributed by atoms with Crippen LogP contribution in [0.1, 0.15) is 5.56 Å². The Bertz CT molecular complexity index is 730. The van der Waals surface area contributed by atoms with Crippen LogP contribution in [0.4, 0.5) is 5.69 Å². The SMILES string of the molecule is COc1ccc(Cl)cc1CNc1ccc(S(C)(=O)=O)nc1. The number of halogens is 1. The number of ether oxygens (including phenoxy) is 1. The van der Waals surface area contributed by atoms with Crippen molar-refractivity contribution in [2.75, 3.05) is 18.7 Å². The Morgan fingerprint density at radius 3 is 2.62 bits per heavy atom. The predicted molar refractivity (Wildman–Crippen MR) is 82.7 cm³/mol. The summed E-state index contributed by atoms with van der Waals surface area (Å²) in [7, 11) is -1.69. The Balaban J connectivity index is 2.12. The van der Waals surface area contributed by atoms with Crippen molar-refractivity contribution in [1.29, 1.82) is 0 Å². The van der Waals surface area contributed by atoms with E-state index >= 15 is 0 Å². The Kier molecular flexibility index (Phi) is 4.69. The zero-order chi connectivity index (χ0) is 15.5. The molecule has 0 atom stereocenters. The van der Waals surface area contributed by atoms with E-state index in [1.54, 1.807) is 25.3 Å². The molecule has 2 aromatic rings. The summed E-state index contributed by atoms with van der Waals surface area (Å²) in [5.74, 6) is 0.729. The second-order valence-electron chi connectivity index (χ2n) is 4.47. The molecule has 0 aliphatic carbocycles. The maximum absolute atomic E-state index is 11.3. The van der Waals surface area contributed by atoms with Gasteiger partial charge in [-0.3, -0.25) is 0 Å². The molecule has 0 unspecified atom stereocenters. The molecule has 0 spiro atoms. The van der Waals surface area contributed by atoms with Gasteiger partial charge < -0.3 is 10.1 Å². The first kappa shape index (κ1) is 15.6. The van der Waals surface area contributed by atoms with Crippen LogP contribution in [-0.2, 0) is 16.4 Å². The molecule has 0 bridgehead atoms. The van der Waals surface area contributed by atoms with Crippen LogP contribution < -0.4 is 10.1 Å². The fourth-order valence-corrected chi connectivity index (χ4v) is 2.54. The molecule has 5 nitrogen and oxygen atoms in total. The Morgan fingerprint density at radius 1 is 1.29 bits per heavy atom. The van der Waals surface area contributed by atoms with E-state index in [4.69, 9.17) is 16.3 Å². The largest absolute Gasteiger partial charge is 0.496 e. The molecular formula is C14H15ClN2O3S. The maximum atomic E-state index is 11.3. The molecule has 112 valence electrons. The molecule has 0 radical (unpaired) electrons. The van der Waals surface area contributed by atoms with E-state index in [0.29, 0.717) is 17.3 Å². The average Bonchev–Trinajstić information content (AvgIpc) is 2.45. The second-order valence-corrected chi connectivity index (χ2v) is 6.87. The van der Waals surface area contributed by atoms with Gasteiger partial charge in [-0.2, -0.15) is 0 Å². The first-order valence-electron chi connectivity index (χ1n) is 6.12. The van der Waals surface area contributed by atoms with Gasteiger partial charge in [0.15, 0.2) is 14.9 Å². The topological polar surface area (TPSA) is 68.3 Å². The van der Waals surface area contributed by atoms with Gasteiger partial charge in [0.05, 0.1) is 19.0 Å². The normalized spacial score (nSPS) is 11.2. The number of sulfone groups is 1. The minimum absolute atomic E-state index is 0.0494. The number of nitrogens with one attached hydrogen (secondary N) is 1. The summed E-state index contributed by atoms with van der Waals surface area (Å²) in [6.45, 7) is 0.490. The third-order valence-electron chi connectivity index (χ3n) is 2.84. The lowest BCUT2D eigenvalue weighted by Gasteiger charge is -2.11. The second kappa shape index (κ2) is 6.32. The molecule has 0 aliphatic heterocycles. The van der Waals surface area contributed by atoms with Crippen LogP contribution in [0.25, 0.3) is 0 Å². The van der Waals surface area contributed by atoms with Crippen molar-refractivity contribution in [1.82, 2.24) is 4.98 Å². The zero-order valence-corrected chi connectivity index (χ0v) is 13.2. The number of anilines is 1. The Morgan fingerprint density at radius 2 is 2.05 bits per heavy atom. The van der Waals surface area contributed by atoms with Gasteiger partial charge in [0, 0.05) is 23.4 Å². The van der Waals surface area contributed by atoms with Gasteiger partial charge in [0.1, 0.15) is 5.75 Å². The van der Waals surface area contributed by atoms with Gasteiger partial charge in [-0.05, 0) is 30.3 Å². The monoisotopic (exact) mass is 326 g/mol. The summed E-state index contributed by atoms with van der Waals surface area (Å²) in [4.78, 5) is 3.91. The molecule has 0 saturated heterocycles. The minimum Gasteiger partial charge on any atom is -0.496 e. The van der Waals surface area contributed by atoms with Gasteiger partial charge in [-0.15, -0.1) is 0 Å². The van der Waals surface area contributed by atoms with Gasteiger partial charge in [-0.1, -0.05) is 11.6 Å². The highest BCUT2D eigenvalue weighted by Crippen LogP contribution is 2.23. The van der Waals surface area contributed by atoms with E-state index in [1.807, 2.05) is 6.07 Å². The number of pyridine rings is 1. The standard InChI is InChI=1S/C14H15ClN2O3S/c1-20-13-5-3-11(15)7-10(13)8-16-12-4-6-14(17-9-12)21(2,18)19/h3-7,9,16H,8H2,1-2H3. The zero-order valence-electron chi connectivity index (χ0n) is 11.6. The van der Waals surface area contributed by atoms with E-state index in [9.17, 15) is 8.42 Å². The van der Waals surface area contributed by atoms with Crippen LogP contribution in [-0.4, -0.2) is 26.8 Å². The highest BCUT2D eigenvalue weighted by Gasteiger charge is 2.08. The highest BCUT2D eigenvalue weighted by atomic mass is 35.5. The predicted octanol–water partition coefficient (Wildman–Crippen LogP) is 2.76. The lowest BCUT2D eigenvalue weighted by atomic mass is 10.2. The molecule has 0 aliphatic rings. The summed E-state index contributed by atoms with van der Waals surface area (Å²) in [6, 6.07) is 8.50. The van der Waals surface area contributed by atoms with Crippen LogP contribution in [0.5, 0.6) is 5.75 Å². The van der Waals surface area contributed by atoms with Crippen LogP contribution >= 0.6 is 11.6 Å². The summed E-state index contributed by atoms with van der Waals surface area (Å²) in [5, 5.41) is 3.82. The summed E-state index contributed by atoms with van der Waals surface area (Å²) >= 11 is 5.96.